The van der Waals surface area contributed by atoms with Crippen molar-refractivity contribution in [3.63, 3.8) is 0 Å². The molecule has 0 aromatic carbocycles. The maximum atomic E-state index is 5.89. The van der Waals surface area contributed by atoms with E-state index < -0.39 is 5.54 Å². The minimum Gasteiger partial charge on any atom is -0.338 e. The van der Waals surface area contributed by atoms with E-state index in [9.17, 15) is 0 Å². The fraction of sp³-hybridized carbons (Fsp3) is 0.364. The molecule has 0 saturated heterocycles. The molecule has 0 unspecified atom stereocenters. The summed E-state index contributed by atoms with van der Waals surface area (Å²) in [5.74, 6) is 1.63. The normalized spacial score (nSPS) is 11.8. The molecule has 18 heavy (non-hydrogen) atoms. The van der Waals surface area contributed by atoms with Gasteiger partial charge in [0.1, 0.15) is 5.03 Å². The van der Waals surface area contributed by atoms with E-state index in [4.69, 9.17) is 10.3 Å². The molecule has 2 aromatic heterocycles. The molecule has 2 rings (SSSR count). The van der Waals surface area contributed by atoms with Crippen molar-refractivity contribution in [1.29, 1.82) is 0 Å². The summed E-state index contributed by atoms with van der Waals surface area (Å²) in [4.78, 5) is 8.51. The van der Waals surface area contributed by atoms with Crippen molar-refractivity contribution in [1.82, 2.24) is 15.1 Å². The molecule has 0 fully saturated rings. The molecule has 7 heteroatoms. The van der Waals surface area contributed by atoms with Gasteiger partial charge in [0.15, 0.2) is 5.82 Å². The van der Waals surface area contributed by atoms with Crippen molar-refractivity contribution in [3.8, 4) is 0 Å². The second-order valence-electron chi connectivity index (χ2n) is 4.31. The van der Waals surface area contributed by atoms with Gasteiger partial charge in [0.05, 0.1) is 11.3 Å². The van der Waals surface area contributed by atoms with Crippen LogP contribution in [0.4, 0.5) is 0 Å². The Labute approximate surface area is 118 Å². The lowest BCUT2D eigenvalue weighted by molar-refractivity contribution is 0.370. The van der Waals surface area contributed by atoms with Crippen molar-refractivity contribution in [3.05, 3.63) is 34.5 Å². The number of aromatic nitrogens is 3. The molecule has 96 valence electrons. The topological polar surface area (TPSA) is 77.8 Å². The minimum absolute atomic E-state index is 0.512. The van der Waals surface area contributed by atoms with E-state index in [1.165, 1.54) is 11.8 Å². The lowest BCUT2D eigenvalue weighted by atomic mass is 10.1. The molecule has 0 atom stereocenters. The number of nitrogens with zero attached hydrogens (tertiary/aromatic N) is 3. The summed E-state index contributed by atoms with van der Waals surface area (Å²) in [6.07, 6.45) is 1.75. The van der Waals surface area contributed by atoms with Crippen molar-refractivity contribution < 1.29 is 4.52 Å². The Morgan fingerprint density at radius 3 is 2.89 bits per heavy atom. The third kappa shape index (κ3) is 3.30. The summed E-state index contributed by atoms with van der Waals surface area (Å²) in [7, 11) is 0. The van der Waals surface area contributed by atoms with Gasteiger partial charge in [-0.15, -0.1) is 0 Å². The summed E-state index contributed by atoms with van der Waals surface area (Å²) in [5, 5.41) is 4.76. The zero-order valence-electron chi connectivity index (χ0n) is 10.1. The summed E-state index contributed by atoms with van der Waals surface area (Å²) in [6.45, 7) is 3.67. The van der Waals surface area contributed by atoms with Gasteiger partial charge in [0.25, 0.3) is 0 Å². The highest BCUT2D eigenvalue weighted by atomic mass is 79.9. The van der Waals surface area contributed by atoms with Gasteiger partial charge < -0.3 is 10.3 Å². The largest absolute Gasteiger partial charge is 0.338 e. The molecule has 2 N–H and O–H groups in total. The third-order valence-electron chi connectivity index (χ3n) is 2.10. The summed E-state index contributed by atoms with van der Waals surface area (Å²) < 4.78 is 6.10. The second kappa shape index (κ2) is 5.38. The van der Waals surface area contributed by atoms with Gasteiger partial charge in [-0.3, -0.25) is 0 Å². The van der Waals surface area contributed by atoms with Crippen molar-refractivity contribution in [2.24, 2.45) is 5.73 Å². The highest BCUT2D eigenvalue weighted by molar-refractivity contribution is 9.10. The van der Waals surface area contributed by atoms with Crippen LogP contribution in [0.2, 0.25) is 0 Å². The molecular weight excluding hydrogens is 316 g/mol. The van der Waals surface area contributed by atoms with Crippen LogP contribution in [0.25, 0.3) is 0 Å². The molecule has 0 spiro atoms. The third-order valence-corrected chi connectivity index (χ3v) is 3.99. The van der Waals surface area contributed by atoms with Crippen LogP contribution in [-0.4, -0.2) is 15.1 Å². The predicted octanol–water partition coefficient (Wildman–Crippen LogP) is 2.71. The van der Waals surface area contributed by atoms with E-state index in [0.717, 1.165) is 9.50 Å². The van der Waals surface area contributed by atoms with Gasteiger partial charge in [-0.05, 0) is 41.9 Å². The van der Waals surface area contributed by atoms with Gasteiger partial charge in [-0.25, -0.2) is 4.98 Å². The predicted molar refractivity (Wildman–Crippen MR) is 73.0 cm³/mol. The Bertz CT molecular complexity index is 538. The monoisotopic (exact) mass is 328 g/mol. The Morgan fingerprint density at radius 2 is 2.28 bits per heavy atom. The van der Waals surface area contributed by atoms with Crippen LogP contribution < -0.4 is 5.73 Å². The van der Waals surface area contributed by atoms with E-state index in [2.05, 4.69) is 31.1 Å². The summed E-state index contributed by atoms with van der Waals surface area (Å²) >= 11 is 4.97. The fourth-order valence-electron chi connectivity index (χ4n) is 1.18. The number of halogens is 1. The van der Waals surface area contributed by atoms with E-state index >= 15 is 0 Å². The van der Waals surface area contributed by atoms with Crippen molar-refractivity contribution in [2.45, 2.75) is 30.2 Å². The first-order valence-corrected chi connectivity index (χ1v) is 7.10. The molecule has 0 bridgehead atoms. The van der Waals surface area contributed by atoms with Gasteiger partial charge in [-0.2, -0.15) is 4.98 Å². The summed E-state index contributed by atoms with van der Waals surface area (Å²) in [5.41, 5.74) is 5.30. The fourth-order valence-corrected chi connectivity index (χ4v) is 2.50. The first kappa shape index (κ1) is 13.5. The van der Waals surface area contributed by atoms with Crippen LogP contribution in [0.3, 0.4) is 0 Å². The highest BCUT2D eigenvalue weighted by Gasteiger charge is 2.21. The van der Waals surface area contributed by atoms with Crippen LogP contribution in [0.1, 0.15) is 25.6 Å². The SMILES string of the molecule is CC(C)(N)c1noc(CSc2ncccc2Br)n1. The van der Waals surface area contributed by atoms with Crippen molar-refractivity contribution >= 4 is 27.7 Å². The molecule has 0 aliphatic carbocycles. The molecule has 0 saturated carbocycles. The first-order chi connectivity index (χ1) is 8.47. The molecule has 0 radical (unpaired) electrons. The molecule has 0 amide bonds. The minimum atomic E-state index is -0.585. The Balaban J connectivity index is 2.03. The Hall–Kier alpha value is -0.920. The molecule has 5 nitrogen and oxygen atoms in total. The Morgan fingerprint density at radius 1 is 1.50 bits per heavy atom. The van der Waals surface area contributed by atoms with Gasteiger partial charge in [0, 0.05) is 10.7 Å². The maximum absolute atomic E-state index is 5.89. The number of hydrogen-bond acceptors (Lipinski definition) is 6. The molecular formula is C11H13BrN4OS. The van der Waals surface area contributed by atoms with Crippen LogP contribution in [0.5, 0.6) is 0 Å². The van der Waals surface area contributed by atoms with E-state index in [1.807, 2.05) is 26.0 Å². The molecule has 2 heterocycles. The van der Waals surface area contributed by atoms with Gasteiger partial charge >= 0.3 is 0 Å². The lowest BCUT2D eigenvalue weighted by Crippen LogP contribution is -2.30. The van der Waals surface area contributed by atoms with E-state index in [0.29, 0.717) is 17.5 Å². The average Bonchev–Trinajstić information content (AvgIpc) is 2.76. The number of hydrogen-bond donors (Lipinski definition) is 1. The summed E-state index contributed by atoms with van der Waals surface area (Å²) in [6, 6.07) is 3.81. The van der Waals surface area contributed by atoms with Crippen molar-refractivity contribution in [2.75, 3.05) is 0 Å². The van der Waals surface area contributed by atoms with Gasteiger partial charge in [0.2, 0.25) is 5.89 Å². The van der Waals surface area contributed by atoms with Crippen LogP contribution in [0, 0.1) is 0 Å². The molecule has 2 aromatic rings. The standard InChI is InChI=1S/C11H13BrN4OS/c1-11(2,13)10-15-8(17-16-10)6-18-9-7(12)4-3-5-14-9/h3-5H,6,13H2,1-2H3. The number of thioether (sulfide) groups is 1. The van der Waals surface area contributed by atoms with Crippen LogP contribution >= 0.6 is 27.7 Å². The lowest BCUT2D eigenvalue weighted by Gasteiger charge is -2.11. The maximum Gasteiger partial charge on any atom is 0.237 e. The zero-order chi connectivity index (χ0) is 13.2. The van der Waals surface area contributed by atoms with Crippen LogP contribution in [0.15, 0.2) is 32.4 Å². The smallest absolute Gasteiger partial charge is 0.237 e. The zero-order valence-corrected chi connectivity index (χ0v) is 12.5. The number of nitrogens with two attached hydrogens (primary N) is 1. The molecule has 0 aliphatic heterocycles. The van der Waals surface area contributed by atoms with E-state index in [-0.39, 0.29) is 0 Å². The first-order valence-electron chi connectivity index (χ1n) is 5.32. The quantitative estimate of drug-likeness (QED) is 0.869. The average molecular weight is 329 g/mol. The van der Waals surface area contributed by atoms with Crippen LogP contribution in [-0.2, 0) is 11.3 Å². The number of pyridine rings is 1. The number of rotatable bonds is 4. The molecule has 0 aliphatic rings. The van der Waals surface area contributed by atoms with E-state index in [1.54, 1.807) is 6.20 Å². The highest BCUT2D eigenvalue weighted by Crippen LogP contribution is 2.27. The van der Waals surface area contributed by atoms with Gasteiger partial charge in [-0.1, -0.05) is 16.9 Å². The Kier molecular flexibility index (Phi) is 4.04. The second-order valence-corrected chi connectivity index (χ2v) is 6.13.